The van der Waals surface area contributed by atoms with Crippen molar-refractivity contribution < 1.29 is 34.8 Å². The predicted molar refractivity (Wildman–Crippen MR) is 150 cm³/mol. The normalized spacial score (nSPS) is 26.3. The fourth-order valence-electron chi connectivity index (χ4n) is 6.49. The van der Waals surface area contributed by atoms with Gasteiger partial charge in [0, 0.05) is 43.4 Å². The molecule has 0 unspecified atom stereocenters. The number of nitrogens with two attached hydrogens (primary N) is 1. The second-order valence-electron chi connectivity index (χ2n) is 12.0. The van der Waals surface area contributed by atoms with Crippen molar-refractivity contribution in [2.45, 2.75) is 51.3 Å². The minimum absolute atomic E-state index is 0.0535. The van der Waals surface area contributed by atoms with Crippen molar-refractivity contribution in [3.63, 3.8) is 0 Å². The third kappa shape index (κ3) is 4.46. The fourth-order valence-corrected chi connectivity index (χ4v) is 6.49. The molecule has 218 valence electrons. The Kier molecular flexibility index (Phi) is 7.78. The lowest BCUT2D eigenvalue weighted by Crippen LogP contribution is -2.65. The number of carbonyl (C=O) groups is 3. The summed E-state index contributed by atoms with van der Waals surface area (Å²) in [5.41, 5.74) is 3.78. The minimum atomic E-state index is -2.65. The molecule has 11 nitrogen and oxygen atoms in total. The SMILES string of the molecule is CC(C)CCNCc1cc(N(C)C)c2c(c1O)C(O)=C1C(=O)[C@]3(O)C(O)=C(C(N)=O)C(=O)[C@@H](N(C)C)[C@@H]3C[C@@H]1C2. The Hall–Kier alpha value is -3.41. The maximum Gasteiger partial charge on any atom is 0.255 e. The van der Waals surface area contributed by atoms with E-state index < -0.39 is 58.0 Å². The number of fused-ring (bicyclic) bond motifs is 3. The number of likely N-dealkylation sites (N-methyl/N-ethyl adjacent to an activating group) is 1. The molecule has 1 fully saturated rings. The molecule has 1 saturated carbocycles. The highest BCUT2D eigenvalue weighted by atomic mass is 16.3. The average molecular weight is 557 g/mol. The lowest BCUT2D eigenvalue weighted by atomic mass is 9.57. The zero-order chi connectivity index (χ0) is 29.8. The van der Waals surface area contributed by atoms with E-state index in [1.165, 1.54) is 4.90 Å². The van der Waals surface area contributed by atoms with Crippen LogP contribution < -0.4 is 16.0 Å². The van der Waals surface area contributed by atoms with Crippen molar-refractivity contribution in [1.82, 2.24) is 10.2 Å². The second kappa shape index (κ2) is 10.5. The van der Waals surface area contributed by atoms with Crippen molar-refractivity contribution in [2.75, 3.05) is 39.6 Å². The lowest BCUT2D eigenvalue weighted by Gasteiger charge is -2.50. The van der Waals surface area contributed by atoms with Crippen LogP contribution in [0, 0.1) is 17.8 Å². The third-order valence-electron chi connectivity index (χ3n) is 8.47. The molecule has 0 heterocycles. The first kappa shape index (κ1) is 29.6. The molecule has 3 aliphatic carbocycles. The van der Waals surface area contributed by atoms with Crippen LogP contribution in [0.5, 0.6) is 5.75 Å². The number of ketones is 2. The van der Waals surface area contributed by atoms with Crippen molar-refractivity contribution in [3.8, 4) is 5.75 Å². The molecule has 0 saturated heterocycles. The summed E-state index contributed by atoms with van der Waals surface area (Å²) >= 11 is 0. The molecule has 1 amide bonds. The van der Waals surface area contributed by atoms with E-state index in [9.17, 15) is 34.8 Å². The van der Waals surface area contributed by atoms with Gasteiger partial charge in [0.05, 0.1) is 11.6 Å². The van der Waals surface area contributed by atoms with E-state index in [1.54, 1.807) is 14.1 Å². The summed E-state index contributed by atoms with van der Waals surface area (Å²) in [6.07, 6.45) is 1.24. The number of Topliss-reactive ketones (excluding diaryl/α,β-unsaturated/α-hetero) is 2. The maximum atomic E-state index is 14.0. The molecule has 4 rings (SSSR count). The number of aliphatic hydroxyl groups is 3. The van der Waals surface area contributed by atoms with Gasteiger partial charge < -0.3 is 36.4 Å². The van der Waals surface area contributed by atoms with Crippen molar-refractivity contribution in [1.29, 1.82) is 0 Å². The predicted octanol–water partition coefficient (Wildman–Crippen LogP) is 1.17. The summed E-state index contributed by atoms with van der Waals surface area (Å²) in [7, 11) is 6.85. The van der Waals surface area contributed by atoms with Gasteiger partial charge in [-0.3, -0.25) is 19.3 Å². The molecule has 0 spiro atoms. The van der Waals surface area contributed by atoms with Gasteiger partial charge in [-0.1, -0.05) is 13.8 Å². The Bertz CT molecular complexity index is 1330. The van der Waals surface area contributed by atoms with Crippen LogP contribution >= 0.6 is 0 Å². The summed E-state index contributed by atoms with van der Waals surface area (Å²) in [6.45, 7) is 5.29. The van der Waals surface area contributed by atoms with Gasteiger partial charge in [-0.2, -0.15) is 0 Å². The standard InChI is InChI=1S/C29H40N4O7/c1-13(2)7-8-31-12-15-11-18(32(3)4)16-9-14-10-17-22(33(5)6)25(36)21(28(30)39)27(38)29(17,40)26(37)19(14)24(35)20(16)23(15)34/h11,13-14,17,22,31,34-35,38,40H,7-10,12H2,1-6H3,(H2,30,39)/t14-,17-,22-,29-/m0/s1. The van der Waals surface area contributed by atoms with E-state index in [1.807, 2.05) is 25.1 Å². The zero-order valence-electron chi connectivity index (χ0n) is 23.9. The van der Waals surface area contributed by atoms with Gasteiger partial charge in [0.15, 0.2) is 11.4 Å². The molecule has 4 atom stereocenters. The minimum Gasteiger partial charge on any atom is -0.508 e. The number of aromatic hydroxyl groups is 1. The number of nitrogens with zero attached hydrogens (tertiary/aromatic N) is 2. The molecule has 0 aromatic heterocycles. The summed E-state index contributed by atoms with van der Waals surface area (Å²) in [4.78, 5) is 42.8. The van der Waals surface area contributed by atoms with E-state index in [0.717, 1.165) is 18.7 Å². The number of amides is 1. The molecule has 11 heteroatoms. The maximum absolute atomic E-state index is 14.0. The number of phenolic OH excluding ortho intramolecular Hbond substituents is 1. The van der Waals surface area contributed by atoms with Crippen LogP contribution in [0.15, 0.2) is 23.0 Å². The topological polar surface area (TPSA) is 177 Å². The monoisotopic (exact) mass is 556 g/mol. The quantitative estimate of drug-likeness (QED) is 0.201. The molecular formula is C29H40N4O7. The van der Waals surface area contributed by atoms with Crippen molar-refractivity contribution >= 4 is 28.9 Å². The number of nitrogens with one attached hydrogen (secondary N) is 1. The number of anilines is 1. The molecular weight excluding hydrogens is 516 g/mol. The summed E-state index contributed by atoms with van der Waals surface area (Å²) in [5, 5.41) is 48.9. The van der Waals surface area contributed by atoms with E-state index in [0.29, 0.717) is 23.6 Å². The smallest absolute Gasteiger partial charge is 0.255 e. The molecule has 1 aromatic rings. The van der Waals surface area contributed by atoms with Gasteiger partial charge in [0.2, 0.25) is 5.78 Å². The molecule has 1 aromatic carbocycles. The first-order chi connectivity index (χ1) is 18.6. The number of benzene rings is 1. The molecule has 0 aliphatic heterocycles. The van der Waals surface area contributed by atoms with Crippen LogP contribution in [0.4, 0.5) is 5.69 Å². The van der Waals surface area contributed by atoms with Crippen LogP contribution in [0.2, 0.25) is 0 Å². The third-order valence-corrected chi connectivity index (χ3v) is 8.47. The van der Waals surface area contributed by atoms with E-state index in [4.69, 9.17) is 5.73 Å². The Balaban J connectivity index is 1.89. The Morgan fingerprint density at radius 2 is 1.82 bits per heavy atom. The number of rotatable bonds is 8. The van der Waals surface area contributed by atoms with Gasteiger partial charge >= 0.3 is 0 Å². The number of hydrogen-bond donors (Lipinski definition) is 6. The average Bonchev–Trinajstić information content (AvgIpc) is 2.84. The first-order valence-corrected chi connectivity index (χ1v) is 13.5. The number of primary amides is 1. The summed E-state index contributed by atoms with van der Waals surface area (Å²) in [6, 6.07) is 0.745. The lowest BCUT2D eigenvalue weighted by molar-refractivity contribution is -0.153. The molecule has 0 bridgehead atoms. The Labute approximate surface area is 233 Å². The van der Waals surface area contributed by atoms with Crippen LogP contribution in [-0.4, -0.2) is 89.2 Å². The van der Waals surface area contributed by atoms with Gasteiger partial charge in [0.25, 0.3) is 5.91 Å². The van der Waals surface area contributed by atoms with Crippen LogP contribution in [0.3, 0.4) is 0 Å². The molecule has 3 aliphatic rings. The summed E-state index contributed by atoms with van der Waals surface area (Å²) in [5.74, 6) is -6.01. The van der Waals surface area contributed by atoms with Crippen LogP contribution in [0.1, 0.15) is 43.4 Å². The molecule has 40 heavy (non-hydrogen) atoms. The van der Waals surface area contributed by atoms with Crippen molar-refractivity contribution in [2.24, 2.45) is 23.5 Å². The van der Waals surface area contributed by atoms with E-state index in [-0.39, 0.29) is 29.7 Å². The molecule has 0 radical (unpaired) electrons. The second-order valence-corrected chi connectivity index (χ2v) is 12.0. The summed E-state index contributed by atoms with van der Waals surface area (Å²) < 4.78 is 0. The first-order valence-electron chi connectivity index (χ1n) is 13.5. The number of carbonyl (C=O) groups excluding carboxylic acids is 3. The van der Waals surface area contributed by atoms with E-state index >= 15 is 0 Å². The largest absolute Gasteiger partial charge is 0.508 e. The number of phenols is 1. The Morgan fingerprint density at radius 3 is 2.38 bits per heavy atom. The van der Waals surface area contributed by atoms with Crippen molar-refractivity contribution in [3.05, 3.63) is 39.7 Å². The Morgan fingerprint density at radius 1 is 1.18 bits per heavy atom. The molecule has 7 N–H and O–H groups in total. The van der Waals surface area contributed by atoms with Crippen LogP contribution in [0.25, 0.3) is 5.76 Å². The highest BCUT2D eigenvalue weighted by molar-refractivity contribution is 6.24. The highest BCUT2D eigenvalue weighted by Gasteiger charge is 2.64. The highest BCUT2D eigenvalue weighted by Crippen LogP contribution is 2.54. The van der Waals surface area contributed by atoms with Gasteiger partial charge in [0.1, 0.15) is 22.8 Å². The van der Waals surface area contributed by atoms with Crippen LogP contribution in [-0.2, 0) is 27.3 Å². The number of aliphatic hydroxyl groups excluding tert-OH is 2. The van der Waals surface area contributed by atoms with Gasteiger partial charge in [-0.15, -0.1) is 0 Å². The fraction of sp³-hybridized carbons (Fsp3) is 0.552. The van der Waals surface area contributed by atoms with Gasteiger partial charge in [-0.05, 0) is 63.4 Å². The van der Waals surface area contributed by atoms with E-state index in [2.05, 4.69) is 19.2 Å². The zero-order valence-corrected chi connectivity index (χ0v) is 23.9. The van der Waals surface area contributed by atoms with Gasteiger partial charge in [-0.25, -0.2) is 0 Å². The number of hydrogen-bond acceptors (Lipinski definition) is 10.